The summed E-state index contributed by atoms with van der Waals surface area (Å²) in [4.78, 5) is 2.34. The molecular weight excluding hydrogens is 390 g/mol. The van der Waals surface area contributed by atoms with Gasteiger partial charge >= 0.3 is 0 Å². The molecule has 1 heterocycles. The van der Waals surface area contributed by atoms with Gasteiger partial charge in [0.05, 0.1) is 10.0 Å². The van der Waals surface area contributed by atoms with Crippen LogP contribution in [0.15, 0.2) is 30.3 Å². The van der Waals surface area contributed by atoms with Crippen LogP contribution in [0.4, 0.5) is 5.69 Å². The molecule has 0 saturated carbocycles. The SMILES string of the molecule is Clc1cc(Cl)c(Cl)c(OCc2ccccc2N2CCNCC2)c1Cl. The summed E-state index contributed by atoms with van der Waals surface area (Å²) < 4.78 is 5.87. The third-order valence-electron chi connectivity index (χ3n) is 3.89. The van der Waals surface area contributed by atoms with Crippen molar-refractivity contribution in [2.45, 2.75) is 6.61 Å². The van der Waals surface area contributed by atoms with Crippen molar-refractivity contribution in [3.05, 3.63) is 56.0 Å². The first-order valence-corrected chi connectivity index (χ1v) is 9.08. The number of para-hydroxylation sites is 1. The highest BCUT2D eigenvalue weighted by Gasteiger charge is 2.18. The van der Waals surface area contributed by atoms with Crippen LogP contribution in [0, 0.1) is 0 Å². The van der Waals surface area contributed by atoms with Crippen LogP contribution in [0.25, 0.3) is 0 Å². The number of anilines is 1. The Kier molecular flexibility index (Phi) is 6.01. The first kappa shape index (κ1) is 18.0. The lowest BCUT2D eigenvalue weighted by Crippen LogP contribution is -2.43. The molecule has 1 N–H and O–H groups in total. The van der Waals surface area contributed by atoms with Gasteiger partial charge in [-0.25, -0.2) is 0 Å². The molecule has 0 spiro atoms. The van der Waals surface area contributed by atoms with E-state index in [1.165, 1.54) is 6.07 Å². The van der Waals surface area contributed by atoms with Gasteiger partial charge in [-0.15, -0.1) is 0 Å². The minimum atomic E-state index is 0.269. The van der Waals surface area contributed by atoms with E-state index in [0.717, 1.165) is 37.4 Å². The van der Waals surface area contributed by atoms with Crippen LogP contribution in [0.1, 0.15) is 5.56 Å². The Morgan fingerprint density at radius 3 is 2.25 bits per heavy atom. The number of ether oxygens (including phenoxy) is 1. The molecule has 1 fully saturated rings. The molecule has 1 saturated heterocycles. The highest BCUT2D eigenvalue weighted by molar-refractivity contribution is 6.48. The molecule has 0 aliphatic carbocycles. The third kappa shape index (κ3) is 3.87. The molecule has 128 valence electrons. The van der Waals surface area contributed by atoms with Crippen LogP contribution in [-0.2, 0) is 6.61 Å². The number of benzene rings is 2. The molecule has 24 heavy (non-hydrogen) atoms. The zero-order valence-electron chi connectivity index (χ0n) is 12.8. The second-order valence-electron chi connectivity index (χ2n) is 5.45. The smallest absolute Gasteiger partial charge is 0.160 e. The molecule has 0 unspecified atom stereocenters. The zero-order chi connectivity index (χ0) is 17.1. The standard InChI is InChI=1S/C17H16Cl4N2O/c18-12-9-13(19)16(21)17(15(12)20)24-10-11-3-1-2-4-14(11)23-7-5-22-6-8-23/h1-4,9,22H,5-8,10H2. The van der Waals surface area contributed by atoms with Gasteiger partial charge in [-0.2, -0.15) is 0 Å². The lowest BCUT2D eigenvalue weighted by atomic mass is 10.1. The Morgan fingerprint density at radius 2 is 1.58 bits per heavy atom. The van der Waals surface area contributed by atoms with Crippen molar-refractivity contribution in [3.8, 4) is 5.75 Å². The summed E-state index contributed by atoms with van der Waals surface area (Å²) in [6.45, 7) is 4.19. The molecule has 1 aliphatic rings. The van der Waals surface area contributed by atoms with Crippen LogP contribution in [-0.4, -0.2) is 26.2 Å². The Hall–Kier alpha value is -0.840. The largest absolute Gasteiger partial charge is 0.486 e. The third-order valence-corrected chi connectivity index (χ3v) is 5.43. The summed E-state index contributed by atoms with van der Waals surface area (Å²) in [7, 11) is 0. The molecule has 0 aromatic heterocycles. The second-order valence-corrected chi connectivity index (χ2v) is 7.02. The molecule has 1 aliphatic heterocycles. The zero-order valence-corrected chi connectivity index (χ0v) is 15.8. The van der Waals surface area contributed by atoms with E-state index < -0.39 is 0 Å². The second kappa shape index (κ2) is 8.03. The van der Waals surface area contributed by atoms with Crippen molar-refractivity contribution in [1.29, 1.82) is 0 Å². The van der Waals surface area contributed by atoms with E-state index in [2.05, 4.69) is 16.3 Å². The fourth-order valence-corrected chi connectivity index (χ4v) is 3.58. The van der Waals surface area contributed by atoms with Gasteiger partial charge in [-0.05, 0) is 12.1 Å². The van der Waals surface area contributed by atoms with Crippen LogP contribution < -0.4 is 15.0 Å². The van der Waals surface area contributed by atoms with E-state index in [1.807, 2.05) is 18.2 Å². The van der Waals surface area contributed by atoms with Gasteiger partial charge < -0.3 is 15.0 Å². The fraction of sp³-hybridized carbons (Fsp3) is 0.294. The van der Waals surface area contributed by atoms with E-state index in [1.54, 1.807) is 0 Å². The summed E-state index contributed by atoms with van der Waals surface area (Å²) in [5.41, 5.74) is 2.21. The van der Waals surface area contributed by atoms with E-state index in [-0.39, 0.29) is 10.0 Å². The highest BCUT2D eigenvalue weighted by Crippen LogP contribution is 2.43. The molecule has 2 aromatic rings. The lowest BCUT2D eigenvalue weighted by Gasteiger charge is -2.31. The molecule has 3 nitrogen and oxygen atoms in total. The topological polar surface area (TPSA) is 24.5 Å². The van der Waals surface area contributed by atoms with Gasteiger partial charge in [0.25, 0.3) is 0 Å². The Morgan fingerprint density at radius 1 is 0.958 bits per heavy atom. The lowest BCUT2D eigenvalue weighted by molar-refractivity contribution is 0.306. The summed E-state index contributed by atoms with van der Waals surface area (Å²) in [5, 5.41) is 4.52. The minimum Gasteiger partial charge on any atom is -0.486 e. The number of halogens is 4. The quantitative estimate of drug-likeness (QED) is 0.699. The van der Waals surface area contributed by atoms with Gasteiger partial charge in [0, 0.05) is 37.4 Å². The average Bonchev–Trinajstić information content (AvgIpc) is 2.61. The highest BCUT2D eigenvalue weighted by atomic mass is 35.5. The van der Waals surface area contributed by atoms with Gasteiger partial charge in [-0.3, -0.25) is 0 Å². The summed E-state index contributed by atoms with van der Waals surface area (Å²) in [6.07, 6.45) is 0. The maximum absolute atomic E-state index is 6.21. The van der Waals surface area contributed by atoms with Crippen LogP contribution in [0.3, 0.4) is 0 Å². The van der Waals surface area contributed by atoms with Crippen LogP contribution >= 0.6 is 46.4 Å². The van der Waals surface area contributed by atoms with Crippen molar-refractivity contribution < 1.29 is 4.74 Å². The number of hydrogen-bond acceptors (Lipinski definition) is 3. The van der Waals surface area contributed by atoms with Gasteiger partial charge in [0.2, 0.25) is 0 Å². The number of rotatable bonds is 4. The first-order chi connectivity index (χ1) is 11.6. The van der Waals surface area contributed by atoms with E-state index >= 15 is 0 Å². The molecule has 0 bridgehead atoms. The maximum Gasteiger partial charge on any atom is 0.160 e. The molecule has 0 amide bonds. The van der Waals surface area contributed by atoms with Crippen molar-refractivity contribution in [3.63, 3.8) is 0 Å². The Bertz CT molecular complexity index is 707. The molecule has 7 heteroatoms. The van der Waals surface area contributed by atoms with E-state index in [4.69, 9.17) is 51.1 Å². The fourth-order valence-electron chi connectivity index (χ4n) is 2.68. The summed E-state index contributed by atoms with van der Waals surface area (Å²) in [5.74, 6) is 0.311. The Balaban J connectivity index is 1.83. The predicted molar refractivity (Wildman–Crippen MR) is 102 cm³/mol. The number of piperazine rings is 1. The number of nitrogens with one attached hydrogen (secondary N) is 1. The van der Waals surface area contributed by atoms with Crippen LogP contribution in [0.5, 0.6) is 5.75 Å². The van der Waals surface area contributed by atoms with Gasteiger partial charge in [0.1, 0.15) is 16.7 Å². The molecule has 0 radical (unpaired) electrons. The van der Waals surface area contributed by atoms with Crippen molar-refractivity contribution in [1.82, 2.24) is 5.32 Å². The number of hydrogen-bond donors (Lipinski definition) is 1. The van der Waals surface area contributed by atoms with E-state index in [0.29, 0.717) is 22.4 Å². The minimum absolute atomic E-state index is 0.269. The van der Waals surface area contributed by atoms with Crippen molar-refractivity contribution in [2.24, 2.45) is 0 Å². The summed E-state index contributed by atoms with van der Waals surface area (Å²) >= 11 is 24.5. The molecule has 2 aromatic carbocycles. The van der Waals surface area contributed by atoms with Gasteiger partial charge in [-0.1, -0.05) is 64.6 Å². The average molecular weight is 406 g/mol. The summed E-state index contributed by atoms with van der Waals surface area (Å²) in [6, 6.07) is 9.65. The molecular formula is C17H16Cl4N2O. The maximum atomic E-state index is 6.21. The van der Waals surface area contributed by atoms with Crippen LogP contribution in [0.2, 0.25) is 20.1 Å². The predicted octanol–water partition coefficient (Wildman–Crippen LogP) is 5.29. The van der Waals surface area contributed by atoms with E-state index in [9.17, 15) is 0 Å². The van der Waals surface area contributed by atoms with Crippen molar-refractivity contribution >= 4 is 52.1 Å². The van der Waals surface area contributed by atoms with Crippen molar-refractivity contribution in [2.75, 3.05) is 31.1 Å². The molecule has 0 atom stereocenters. The molecule has 3 rings (SSSR count). The normalized spacial score (nSPS) is 14.8. The Labute approximate surface area is 161 Å². The van der Waals surface area contributed by atoms with Gasteiger partial charge in [0.15, 0.2) is 5.75 Å². The first-order valence-electron chi connectivity index (χ1n) is 7.57. The monoisotopic (exact) mass is 404 g/mol. The number of nitrogens with zero attached hydrogens (tertiary/aromatic N) is 1.